The standard InChI is InChI=1S/C24H31NO2/c1-25(2)18-22-13-12-21(16-20-10-7-11-23(17-20)27-3)24(22,26)15-14-19-8-5-4-6-9-19/h4-11,14-15,17,21-22,26H,12-13,16,18H2,1-3H3. The zero-order valence-corrected chi connectivity index (χ0v) is 16.6. The highest BCUT2D eigenvalue weighted by Crippen LogP contribution is 2.44. The summed E-state index contributed by atoms with van der Waals surface area (Å²) in [7, 11) is 5.86. The van der Waals surface area contributed by atoms with Crippen LogP contribution in [0.3, 0.4) is 0 Å². The molecule has 0 bridgehead atoms. The largest absolute Gasteiger partial charge is 0.497 e. The van der Waals surface area contributed by atoms with Gasteiger partial charge in [-0.05, 0) is 62.5 Å². The summed E-state index contributed by atoms with van der Waals surface area (Å²) in [6.45, 7) is 0.893. The molecule has 1 fully saturated rings. The van der Waals surface area contributed by atoms with Crippen LogP contribution >= 0.6 is 0 Å². The summed E-state index contributed by atoms with van der Waals surface area (Å²) in [5.41, 5.74) is 1.54. The van der Waals surface area contributed by atoms with E-state index in [0.29, 0.717) is 0 Å². The first-order chi connectivity index (χ1) is 13.0. The molecule has 1 N–H and O–H groups in total. The van der Waals surface area contributed by atoms with Crippen molar-refractivity contribution in [2.75, 3.05) is 27.7 Å². The monoisotopic (exact) mass is 365 g/mol. The van der Waals surface area contributed by atoms with E-state index in [4.69, 9.17) is 4.74 Å². The van der Waals surface area contributed by atoms with E-state index in [1.165, 1.54) is 5.56 Å². The van der Waals surface area contributed by atoms with E-state index in [2.05, 4.69) is 49.3 Å². The molecule has 144 valence electrons. The fraction of sp³-hybridized carbons (Fsp3) is 0.417. The van der Waals surface area contributed by atoms with E-state index in [1.807, 2.05) is 36.4 Å². The van der Waals surface area contributed by atoms with Crippen LogP contribution in [-0.2, 0) is 6.42 Å². The van der Waals surface area contributed by atoms with Gasteiger partial charge in [0, 0.05) is 12.5 Å². The Morgan fingerprint density at radius 1 is 1.07 bits per heavy atom. The molecule has 0 aliphatic heterocycles. The van der Waals surface area contributed by atoms with E-state index < -0.39 is 5.60 Å². The van der Waals surface area contributed by atoms with Crippen LogP contribution in [0.1, 0.15) is 24.0 Å². The van der Waals surface area contributed by atoms with E-state index in [9.17, 15) is 5.11 Å². The van der Waals surface area contributed by atoms with Gasteiger partial charge in [-0.15, -0.1) is 0 Å². The molecular formula is C24H31NO2. The summed E-state index contributed by atoms with van der Waals surface area (Å²) in [5, 5.41) is 11.8. The average molecular weight is 366 g/mol. The van der Waals surface area contributed by atoms with Crippen LogP contribution in [0.2, 0.25) is 0 Å². The van der Waals surface area contributed by atoms with Gasteiger partial charge in [-0.25, -0.2) is 0 Å². The first-order valence-corrected chi connectivity index (χ1v) is 9.75. The number of hydrogen-bond acceptors (Lipinski definition) is 3. The second-order valence-electron chi connectivity index (χ2n) is 7.92. The van der Waals surface area contributed by atoms with E-state index in [-0.39, 0.29) is 11.8 Å². The van der Waals surface area contributed by atoms with Crippen molar-refractivity contribution in [2.24, 2.45) is 11.8 Å². The third-order valence-electron chi connectivity index (χ3n) is 5.72. The molecule has 0 spiro atoms. The lowest BCUT2D eigenvalue weighted by Gasteiger charge is -2.34. The molecular weight excluding hydrogens is 334 g/mol. The van der Waals surface area contributed by atoms with Crippen LogP contribution in [0.4, 0.5) is 0 Å². The van der Waals surface area contributed by atoms with Crippen LogP contribution in [0, 0.1) is 11.8 Å². The lowest BCUT2D eigenvalue weighted by atomic mass is 9.80. The number of nitrogens with zero attached hydrogens (tertiary/aromatic N) is 1. The van der Waals surface area contributed by atoms with Crippen LogP contribution in [0.15, 0.2) is 60.7 Å². The number of ether oxygens (including phenoxy) is 1. The predicted molar refractivity (Wildman–Crippen MR) is 112 cm³/mol. The first-order valence-electron chi connectivity index (χ1n) is 9.75. The minimum Gasteiger partial charge on any atom is -0.497 e. The Bertz CT molecular complexity index is 756. The van der Waals surface area contributed by atoms with Crippen LogP contribution in [0.25, 0.3) is 6.08 Å². The van der Waals surface area contributed by atoms with E-state index in [0.717, 1.165) is 37.1 Å². The van der Waals surface area contributed by atoms with Crippen molar-refractivity contribution in [2.45, 2.75) is 24.9 Å². The lowest BCUT2D eigenvalue weighted by Crippen LogP contribution is -2.42. The van der Waals surface area contributed by atoms with Crippen molar-refractivity contribution >= 4 is 6.08 Å². The Balaban J connectivity index is 1.85. The Morgan fingerprint density at radius 3 is 2.52 bits per heavy atom. The molecule has 2 aromatic rings. The third-order valence-corrected chi connectivity index (χ3v) is 5.72. The number of methoxy groups -OCH3 is 1. The van der Waals surface area contributed by atoms with Gasteiger partial charge in [0.1, 0.15) is 5.75 Å². The number of rotatable bonds is 7. The third kappa shape index (κ3) is 4.79. The lowest BCUT2D eigenvalue weighted by molar-refractivity contribution is 0.00286. The van der Waals surface area contributed by atoms with Gasteiger partial charge < -0.3 is 14.7 Å². The van der Waals surface area contributed by atoms with Gasteiger partial charge in [0.2, 0.25) is 0 Å². The predicted octanol–water partition coefficient (Wildman–Crippen LogP) is 4.27. The van der Waals surface area contributed by atoms with E-state index in [1.54, 1.807) is 7.11 Å². The normalized spacial score (nSPS) is 25.4. The van der Waals surface area contributed by atoms with Gasteiger partial charge in [0.25, 0.3) is 0 Å². The Kier molecular flexibility index (Phi) is 6.35. The molecule has 3 atom stereocenters. The number of hydrogen-bond donors (Lipinski definition) is 1. The first kappa shape index (κ1) is 19.7. The van der Waals surface area contributed by atoms with E-state index >= 15 is 0 Å². The van der Waals surface area contributed by atoms with Crippen LogP contribution in [0.5, 0.6) is 5.75 Å². The maximum atomic E-state index is 11.8. The Morgan fingerprint density at radius 2 is 1.81 bits per heavy atom. The van der Waals surface area contributed by atoms with Gasteiger partial charge >= 0.3 is 0 Å². The Hall–Kier alpha value is -2.10. The van der Waals surface area contributed by atoms with Crippen LogP contribution < -0.4 is 4.74 Å². The molecule has 0 heterocycles. The average Bonchev–Trinajstić information content (AvgIpc) is 2.97. The second-order valence-corrected chi connectivity index (χ2v) is 7.92. The molecule has 0 radical (unpaired) electrons. The molecule has 1 aliphatic carbocycles. The van der Waals surface area contributed by atoms with Crippen molar-refractivity contribution in [3.05, 3.63) is 71.8 Å². The van der Waals surface area contributed by atoms with Gasteiger partial charge in [-0.3, -0.25) is 0 Å². The SMILES string of the molecule is COc1cccc(CC2CCC(CN(C)C)C2(O)C=Cc2ccccc2)c1. The summed E-state index contributed by atoms with van der Waals surface area (Å²) >= 11 is 0. The molecule has 27 heavy (non-hydrogen) atoms. The van der Waals surface area contributed by atoms with Gasteiger partial charge in [0.05, 0.1) is 12.7 Å². The summed E-state index contributed by atoms with van der Waals surface area (Å²) in [6, 6.07) is 18.4. The zero-order chi connectivity index (χ0) is 19.3. The molecule has 3 nitrogen and oxygen atoms in total. The zero-order valence-electron chi connectivity index (χ0n) is 16.6. The van der Waals surface area contributed by atoms with Gasteiger partial charge in [0.15, 0.2) is 0 Å². The highest BCUT2D eigenvalue weighted by molar-refractivity contribution is 5.51. The summed E-state index contributed by atoms with van der Waals surface area (Å²) in [5.74, 6) is 1.32. The summed E-state index contributed by atoms with van der Waals surface area (Å²) < 4.78 is 5.37. The molecule has 3 unspecified atom stereocenters. The molecule has 0 saturated heterocycles. The topological polar surface area (TPSA) is 32.7 Å². The molecule has 3 rings (SSSR count). The summed E-state index contributed by atoms with van der Waals surface area (Å²) in [4.78, 5) is 2.18. The van der Waals surface area contributed by atoms with Gasteiger partial charge in [-0.2, -0.15) is 0 Å². The number of aliphatic hydroxyl groups is 1. The molecule has 1 saturated carbocycles. The van der Waals surface area contributed by atoms with Gasteiger partial charge in [-0.1, -0.05) is 54.6 Å². The second kappa shape index (κ2) is 8.73. The highest BCUT2D eigenvalue weighted by Gasteiger charge is 2.46. The fourth-order valence-electron chi connectivity index (χ4n) is 4.29. The van der Waals surface area contributed by atoms with Crippen molar-refractivity contribution < 1.29 is 9.84 Å². The highest BCUT2D eigenvalue weighted by atomic mass is 16.5. The number of benzene rings is 2. The smallest absolute Gasteiger partial charge is 0.119 e. The van der Waals surface area contributed by atoms with Crippen molar-refractivity contribution in [1.29, 1.82) is 0 Å². The van der Waals surface area contributed by atoms with Crippen LogP contribution in [-0.4, -0.2) is 43.4 Å². The molecule has 2 aromatic carbocycles. The summed E-state index contributed by atoms with van der Waals surface area (Å²) in [6.07, 6.45) is 7.06. The molecule has 0 aromatic heterocycles. The minimum atomic E-state index is -0.802. The molecule has 3 heteroatoms. The Labute approximate surface area is 163 Å². The molecule has 1 aliphatic rings. The maximum absolute atomic E-state index is 11.8. The quantitative estimate of drug-likeness (QED) is 0.795. The van der Waals surface area contributed by atoms with Crippen molar-refractivity contribution in [3.63, 3.8) is 0 Å². The molecule has 0 amide bonds. The van der Waals surface area contributed by atoms with Crippen molar-refractivity contribution in [3.8, 4) is 5.75 Å². The maximum Gasteiger partial charge on any atom is 0.119 e. The fourth-order valence-corrected chi connectivity index (χ4v) is 4.29. The van der Waals surface area contributed by atoms with Crippen molar-refractivity contribution in [1.82, 2.24) is 4.90 Å². The minimum absolute atomic E-state index is 0.203.